The first-order chi connectivity index (χ1) is 10.2. The molecule has 5 heteroatoms. The molecule has 5 nitrogen and oxygen atoms in total. The molecular weight excluding hydrogens is 272 g/mol. The Morgan fingerprint density at radius 2 is 2.24 bits per heavy atom. The van der Waals surface area contributed by atoms with Gasteiger partial charge in [-0.3, -0.25) is 4.79 Å². The Hall–Kier alpha value is -2.01. The quantitative estimate of drug-likeness (QED) is 0.339. The summed E-state index contributed by atoms with van der Waals surface area (Å²) in [5.41, 5.74) is 2.87. The standard InChI is InChI=1S/C16H14O5/c1-2-3-4-5-6-7-11-14(20-11)16-15(21-16)13(18)10-8-9-12(17)19-10/h1,5,7,10-11,13-16,18H,8-9H2. The highest BCUT2D eigenvalue weighted by molar-refractivity contribution is 5.71. The third kappa shape index (κ3) is 3.19. The largest absolute Gasteiger partial charge is 0.459 e. The molecule has 3 aliphatic rings. The van der Waals surface area contributed by atoms with Crippen LogP contribution in [-0.4, -0.2) is 47.7 Å². The lowest BCUT2D eigenvalue weighted by atomic mass is 10.0. The van der Waals surface area contributed by atoms with Crippen molar-refractivity contribution in [3.63, 3.8) is 0 Å². The lowest BCUT2D eigenvalue weighted by Gasteiger charge is -2.14. The first kappa shape index (κ1) is 13.9. The van der Waals surface area contributed by atoms with Crippen molar-refractivity contribution in [1.82, 2.24) is 0 Å². The van der Waals surface area contributed by atoms with E-state index in [9.17, 15) is 9.90 Å². The van der Waals surface area contributed by atoms with E-state index >= 15 is 0 Å². The Labute approximate surface area is 122 Å². The monoisotopic (exact) mass is 286 g/mol. The Balaban J connectivity index is 1.46. The Morgan fingerprint density at radius 3 is 2.95 bits per heavy atom. The third-order valence-electron chi connectivity index (χ3n) is 3.64. The molecule has 0 saturated carbocycles. The van der Waals surface area contributed by atoms with E-state index in [4.69, 9.17) is 20.6 Å². The lowest BCUT2D eigenvalue weighted by Crippen LogP contribution is -2.32. The summed E-state index contributed by atoms with van der Waals surface area (Å²) < 4.78 is 15.9. The van der Waals surface area contributed by atoms with Crippen LogP contribution in [0.2, 0.25) is 0 Å². The smallest absolute Gasteiger partial charge is 0.306 e. The number of esters is 1. The summed E-state index contributed by atoms with van der Waals surface area (Å²) in [6.45, 7) is 0. The van der Waals surface area contributed by atoms with Gasteiger partial charge in [-0.15, -0.1) is 12.2 Å². The van der Waals surface area contributed by atoms with Gasteiger partial charge in [-0.2, -0.15) is 0 Å². The highest BCUT2D eigenvalue weighted by atomic mass is 16.7. The first-order valence-corrected chi connectivity index (χ1v) is 6.76. The van der Waals surface area contributed by atoms with Crippen molar-refractivity contribution in [2.75, 3.05) is 0 Å². The van der Waals surface area contributed by atoms with Crippen molar-refractivity contribution in [2.24, 2.45) is 0 Å². The van der Waals surface area contributed by atoms with Gasteiger partial charge in [-0.25, -0.2) is 0 Å². The third-order valence-corrected chi connectivity index (χ3v) is 3.64. The maximum Gasteiger partial charge on any atom is 0.306 e. The van der Waals surface area contributed by atoms with Gasteiger partial charge in [0.15, 0.2) is 0 Å². The molecule has 6 unspecified atom stereocenters. The van der Waals surface area contributed by atoms with E-state index in [2.05, 4.69) is 23.5 Å². The van der Waals surface area contributed by atoms with Crippen molar-refractivity contribution < 1.29 is 24.1 Å². The summed E-state index contributed by atoms with van der Waals surface area (Å²) in [7, 11) is 0. The van der Waals surface area contributed by atoms with Crippen LogP contribution < -0.4 is 0 Å². The fourth-order valence-corrected chi connectivity index (χ4v) is 2.47. The average Bonchev–Trinajstić information content (AvgIpc) is 3.35. The number of epoxide rings is 2. The fraction of sp³-hybridized carbons (Fsp3) is 0.500. The molecule has 0 bridgehead atoms. The molecule has 3 heterocycles. The number of carbonyl (C=O) groups excluding carboxylic acids is 1. The van der Waals surface area contributed by atoms with E-state index in [1.807, 2.05) is 0 Å². The van der Waals surface area contributed by atoms with Crippen molar-refractivity contribution in [2.45, 2.75) is 49.5 Å². The van der Waals surface area contributed by atoms with Crippen LogP contribution in [0.5, 0.6) is 0 Å². The van der Waals surface area contributed by atoms with Crippen LogP contribution in [0.25, 0.3) is 0 Å². The number of carbonyl (C=O) groups is 1. The van der Waals surface area contributed by atoms with Crippen LogP contribution in [0.15, 0.2) is 17.9 Å². The van der Waals surface area contributed by atoms with Gasteiger partial charge >= 0.3 is 5.97 Å². The molecule has 0 aliphatic carbocycles. The summed E-state index contributed by atoms with van der Waals surface area (Å²) in [6.07, 6.45) is 7.26. The number of rotatable bonds is 4. The molecule has 6 atom stereocenters. The van der Waals surface area contributed by atoms with Gasteiger partial charge in [0.1, 0.15) is 36.6 Å². The lowest BCUT2D eigenvalue weighted by molar-refractivity contribution is -0.145. The van der Waals surface area contributed by atoms with Gasteiger partial charge in [0.05, 0.1) is 0 Å². The zero-order valence-electron chi connectivity index (χ0n) is 11.2. The van der Waals surface area contributed by atoms with Gasteiger partial charge in [0, 0.05) is 12.5 Å². The topological polar surface area (TPSA) is 71.6 Å². The van der Waals surface area contributed by atoms with Crippen LogP contribution >= 0.6 is 0 Å². The van der Waals surface area contributed by atoms with Crippen LogP contribution in [-0.2, 0) is 19.0 Å². The number of aliphatic hydroxyl groups excluding tert-OH is 1. The van der Waals surface area contributed by atoms with Crippen LogP contribution in [0.1, 0.15) is 12.8 Å². The van der Waals surface area contributed by atoms with Crippen LogP contribution in [0, 0.1) is 24.2 Å². The zero-order valence-corrected chi connectivity index (χ0v) is 11.2. The molecule has 1 N–H and O–H groups in total. The molecule has 21 heavy (non-hydrogen) atoms. The molecular formula is C16H14O5. The molecule has 0 aromatic rings. The molecule has 0 aromatic carbocycles. The van der Waals surface area contributed by atoms with Crippen LogP contribution in [0.4, 0.5) is 0 Å². The van der Waals surface area contributed by atoms with E-state index in [0.717, 1.165) is 0 Å². The van der Waals surface area contributed by atoms with Gasteiger partial charge in [0.2, 0.25) is 0 Å². The summed E-state index contributed by atoms with van der Waals surface area (Å²) in [4.78, 5) is 11.0. The predicted octanol–water partition coefficient (Wildman–Crippen LogP) is -0.0644. The number of hydrogen-bond donors (Lipinski definition) is 1. The average molecular weight is 286 g/mol. The molecule has 0 radical (unpaired) electrons. The summed E-state index contributed by atoms with van der Waals surface area (Å²) in [6, 6.07) is 0. The maximum absolute atomic E-state index is 11.0. The molecule has 3 aliphatic heterocycles. The maximum atomic E-state index is 11.0. The SMILES string of the molecule is C#CC#CC=C=CC1OC1C1OC1C(O)C1CCC(=O)O1. The normalized spacial score (nSPS) is 37.1. The molecule has 3 fully saturated rings. The second kappa shape index (κ2) is 5.77. The van der Waals surface area contributed by atoms with Crippen molar-refractivity contribution in [3.8, 4) is 24.2 Å². The highest BCUT2D eigenvalue weighted by Gasteiger charge is 2.60. The highest BCUT2D eigenvalue weighted by Crippen LogP contribution is 2.42. The minimum absolute atomic E-state index is 0.0803. The summed E-state index contributed by atoms with van der Waals surface area (Å²) in [5.74, 6) is 6.99. The van der Waals surface area contributed by atoms with E-state index in [-0.39, 0.29) is 30.4 Å². The van der Waals surface area contributed by atoms with Gasteiger partial charge in [-0.05, 0) is 24.3 Å². The summed E-state index contributed by atoms with van der Waals surface area (Å²) >= 11 is 0. The molecule has 0 aromatic heterocycles. The number of terminal acetylenes is 1. The Bertz CT molecular complexity index is 598. The van der Waals surface area contributed by atoms with Crippen LogP contribution in [0.3, 0.4) is 0 Å². The van der Waals surface area contributed by atoms with Crippen molar-refractivity contribution >= 4 is 5.97 Å². The number of hydrogen-bond acceptors (Lipinski definition) is 5. The zero-order chi connectivity index (χ0) is 14.8. The molecule has 3 rings (SSSR count). The molecule has 0 spiro atoms. The predicted molar refractivity (Wildman–Crippen MR) is 71.7 cm³/mol. The Morgan fingerprint density at radius 1 is 1.38 bits per heavy atom. The number of cyclic esters (lactones) is 1. The Kier molecular flexibility index (Phi) is 3.84. The number of aliphatic hydroxyl groups is 1. The van der Waals surface area contributed by atoms with E-state index in [0.29, 0.717) is 12.8 Å². The molecule has 0 amide bonds. The summed E-state index contributed by atoms with van der Waals surface area (Å²) in [5, 5.41) is 10.1. The van der Waals surface area contributed by atoms with Gasteiger partial charge in [-0.1, -0.05) is 5.92 Å². The molecule has 3 saturated heterocycles. The second-order valence-corrected chi connectivity index (χ2v) is 5.08. The molecule has 108 valence electrons. The van der Waals surface area contributed by atoms with Gasteiger partial charge < -0.3 is 19.3 Å². The first-order valence-electron chi connectivity index (χ1n) is 6.76. The van der Waals surface area contributed by atoms with Gasteiger partial charge in [0.25, 0.3) is 0 Å². The van der Waals surface area contributed by atoms with E-state index in [1.165, 1.54) is 6.08 Å². The second-order valence-electron chi connectivity index (χ2n) is 5.08. The van der Waals surface area contributed by atoms with E-state index in [1.54, 1.807) is 6.08 Å². The van der Waals surface area contributed by atoms with Crippen molar-refractivity contribution in [3.05, 3.63) is 17.9 Å². The number of ether oxygens (including phenoxy) is 3. The minimum Gasteiger partial charge on any atom is -0.459 e. The minimum atomic E-state index is -0.785. The van der Waals surface area contributed by atoms with Crippen molar-refractivity contribution in [1.29, 1.82) is 0 Å². The van der Waals surface area contributed by atoms with E-state index < -0.39 is 12.2 Å². The fourth-order valence-electron chi connectivity index (χ4n) is 2.47.